The van der Waals surface area contributed by atoms with E-state index in [0.29, 0.717) is 12.8 Å². The molecule has 2 aliphatic heterocycles. The number of amides is 4. The molecule has 0 unspecified atom stereocenters. The van der Waals surface area contributed by atoms with Gasteiger partial charge in [-0.3, -0.25) is 14.9 Å². The van der Waals surface area contributed by atoms with E-state index in [2.05, 4.69) is 10.6 Å². The van der Waals surface area contributed by atoms with Crippen LogP contribution in [0.3, 0.4) is 0 Å². The normalized spacial score (nSPS) is 20.0. The maximum Gasteiger partial charge on any atom is 0.322 e. The molecule has 2 N–H and O–H groups in total. The van der Waals surface area contributed by atoms with E-state index in [0.717, 1.165) is 6.07 Å². The van der Waals surface area contributed by atoms with Crippen molar-refractivity contribution >= 4 is 29.4 Å². The van der Waals surface area contributed by atoms with Gasteiger partial charge in [-0.2, -0.15) is 0 Å². The molecule has 0 atom stereocenters. The Balaban J connectivity index is 1.74. The Morgan fingerprint density at radius 3 is 2.55 bits per heavy atom. The van der Waals surface area contributed by atoms with Crippen LogP contribution in [0.5, 0.6) is 0 Å². The molecule has 8 heteroatoms. The van der Waals surface area contributed by atoms with Crippen LogP contribution in [0.1, 0.15) is 23.2 Å². The highest BCUT2D eigenvalue weighted by Crippen LogP contribution is 2.27. The average Bonchev–Trinajstić information content (AvgIpc) is 2.76. The number of piperidine rings is 1. The molecule has 0 bridgehead atoms. The number of nitrogens with one attached hydrogen (secondary N) is 2. The van der Waals surface area contributed by atoms with Gasteiger partial charge in [0.2, 0.25) is 0 Å². The zero-order chi connectivity index (χ0) is 15.9. The van der Waals surface area contributed by atoms with Crippen LogP contribution in [0.25, 0.3) is 0 Å². The van der Waals surface area contributed by atoms with Crippen molar-refractivity contribution in [3.05, 3.63) is 34.6 Å². The Labute approximate surface area is 130 Å². The van der Waals surface area contributed by atoms with Crippen LogP contribution in [-0.2, 0) is 4.79 Å². The van der Waals surface area contributed by atoms with Gasteiger partial charge in [0.05, 0.1) is 5.56 Å². The highest BCUT2D eigenvalue weighted by molar-refractivity contribution is 6.31. The zero-order valence-corrected chi connectivity index (χ0v) is 12.2. The van der Waals surface area contributed by atoms with Crippen LogP contribution >= 0.6 is 11.6 Å². The number of carbonyl (C=O) groups is 3. The van der Waals surface area contributed by atoms with Crippen molar-refractivity contribution in [3.8, 4) is 0 Å². The largest absolute Gasteiger partial charge is 0.338 e. The second kappa shape index (κ2) is 5.24. The minimum absolute atomic E-state index is 0.0941. The number of hydrogen-bond donors (Lipinski definition) is 2. The van der Waals surface area contributed by atoms with Gasteiger partial charge in [-0.15, -0.1) is 0 Å². The number of imide groups is 1. The number of carbonyl (C=O) groups excluding carboxylic acids is 3. The van der Waals surface area contributed by atoms with E-state index < -0.39 is 23.3 Å². The van der Waals surface area contributed by atoms with E-state index >= 15 is 0 Å². The molecule has 4 amide bonds. The van der Waals surface area contributed by atoms with Gasteiger partial charge in [0, 0.05) is 18.1 Å². The lowest BCUT2D eigenvalue weighted by molar-refractivity contribution is -0.125. The maximum atomic E-state index is 13.8. The molecule has 1 aromatic rings. The third-order valence-corrected chi connectivity index (χ3v) is 4.31. The number of likely N-dealkylation sites (tertiary alicyclic amines) is 1. The first kappa shape index (κ1) is 14.8. The molecule has 6 nitrogen and oxygen atoms in total. The lowest BCUT2D eigenvalue weighted by Gasteiger charge is -2.37. The Morgan fingerprint density at radius 2 is 1.95 bits per heavy atom. The van der Waals surface area contributed by atoms with Crippen LogP contribution in [-0.4, -0.2) is 41.4 Å². The Hall–Kier alpha value is -2.15. The van der Waals surface area contributed by atoms with Crippen molar-refractivity contribution in [1.29, 1.82) is 0 Å². The number of urea groups is 1. The van der Waals surface area contributed by atoms with Gasteiger partial charge in [0.25, 0.3) is 11.8 Å². The molecule has 116 valence electrons. The number of nitrogens with zero attached hydrogens (tertiary/aromatic N) is 1. The molecule has 1 aromatic carbocycles. The summed E-state index contributed by atoms with van der Waals surface area (Å²) in [4.78, 5) is 36.9. The molecule has 2 saturated heterocycles. The summed E-state index contributed by atoms with van der Waals surface area (Å²) in [6.45, 7) is 0.497. The highest BCUT2D eigenvalue weighted by Gasteiger charge is 2.48. The summed E-state index contributed by atoms with van der Waals surface area (Å²) in [6.07, 6.45) is 0.580. The van der Waals surface area contributed by atoms with Crippen LogP contribution in [0.2, 0.25) is 5.02 Å². The predicted molar refractivity (Wildman–Crippen MR) is 76.0 cm³/mol. The SMILES string of the molecule is O=C1NC(=O)C2(CCN(C(=O)c3cc(Cl)ccc3F)CC2)N1. The second-order valence-electron chi connectivity index (χ2n) is 5.41. The van der Waals surface area contributed by atoms with Gasteiger partial charge in [0.1, 0.15) is 11.4 Å². The van der Waals surface area contributed by atoms with E-state index in [-0.39, 0.29) is 29.6 Å². The molecule has 1 spiro atoms. The standard InChI is InChI=1S/C14H13ClFN3O3/c15-8-1-2-10(16)9(7-8)11(20)19-5-3-14(4-6-19)12(21)17-13(22)18-14/h1-2,7H,3-6H2,(H2,17,18,21,22). The van der Waals surface area contributed by atoms with E-state index in [9.17, 15) is 18.8 Å². The highest BCUT2D eigenvalue weighted by atomic mass is 35.5. The Morgan fingerprint density at radius 1 is 1.27 bits per heavy atom. The zero-order valence-electron chi connectivity index (χ0n) is 11.5. The monoisotopic (exact) mass is 325 g/mol. The smallest absolute Gasteiger partial charge is 0.322 e. The Kier molecular flexibility index (Phi) is 3.52. The molecular formula is C14H13ClFN3O3. The van der Waals surface area contributed by atoms with Gasteiger partial charge < -0.3 is 10.2 Å². The molecule has 3 rings (SSSR count). The summed E-state index contributed by atoms with van der Waals surface area (Å²) in [5.74, 6) is -1.49. The average molecular weight is 326 g/mol. The summed E-state index contributed by atoms with van der Waals surface area (Å²) in [5, 5.41) is 5.08. The van der Waals surface area contributed by atoms with Crippen LogP contribution < -0.4 is 10.6 Å². The lowest BCUT2D eigenvalue weighted by Crippen LogP contribution is -2.55. The number of hydrogen-bond acceptors (Lipinski definition) is 3. The molecule has 0 radical (unpaired) electrons. The summed E-state index contributed by atoms with van der Waals surface area (Å²) < 4.78 is 13.8. The van der Waals surface area contributed by atoms with Gasteiger partial charge in [-0.05, 0) is 31.0 Å². The molecule has 0 aromatic heterocycles. The number of rotatable bonds is 1. The van der Waals surface area contributed by atoms with Crippen LogP contribution in [0.15, 0.2) is 18.2 Å². The van der Waals surface area contributed by atoms with E-state index in [1.807, 2.05) is 0 Å². The molecule has 2 fully saturated rings. The first-order valence-electron chi connectivity index (χ1n) is 6.79. The molecule has 0 saturated carbocycles. The molecular weight excluding hydrogens is 313 g/mol. The molecule has 22 heavy (non-hydrogen) atoms. The van der Waals surface area contributed by atoms with Gasteiger partial charge in [0.15, 0.2) is 0 Å². The Bertz CT molecular complexity index is 671. The third-order valence-electron chi connectivity index (χ3n) is 4.08. The first-order chi connectivity index (χ1) is 10.4. The fourth-order valence-corrected chi connectivity index (χ4v) is 2.98. The van der Waals surface area contributed by atoms with Gasteiger partial charge in [-0.1, -0.05) is 11.6 Å². The van der Waals surface area contributed by atoms with Crippen molar-refractivity contribution in [2.45, 2.75) is 18.4 Å². The fraction of sp³-hybridized carbons (Fsp3) is 0.357. The molecule has 2 heterocycles. The topological polar surface area (TPSA) is 78.5 Å². The summed E-state index contributed by atoms with van der Waals surface area (Å²) in [7, 11) is 0. The van der Waals surface area contributed by atoms with Crippen LogP contribution in [0, 0.1) is 5.82 Å². The summed E-state index contributed by atoms with van der Waals surface area (Å²) in [6, 6.07) is 3.28. The molecule has 0 aliphatic carbocycles. The second-order valence-corrected chi connectivity index (χ2v) is 5.84. The predicted octanol–water partition coefficient (Wildman–Crippen LogP) is 1.29. The quantitative estimate of drug-likeness (QED) is 0.764. The van der Waals surface area contributed by atoms with Crippen molar-refractivity contribution in [2.24, 2.45) is 0 Å². The van der Waals surface area contributed by atoms with Crippen LogP contribution in [0.4, 0.5) is 9.18 Å². The van der Waals surface area contributed by atoms with Crippen molar-refractivity contribution in [1.82, 2.24) is 15.5 Å². The van der Waals surface area contributed by atoms with Crippen molar-refractivity contribution < 1.29 is 18.8 Å². The van der Waals surface area contributed by atoms with Crippen molar-refractivity contribution in [3.63, 3.8) is 0 Å². The van der Waals surface area contributed by atoms with Crippen molar-refractivity contribution in [2.75, 3.05) is 13.1 Å². The van der Waals surface area contributed by atoms with Gasteiger partial charge in [-0.25, -0.2) is 9.18 Å². The van der Waals surface area contributed by atoms with E-state index in [1.165, 1.54) is 17.0 Å². The minimum Gasteiger partial charge on any atom is -0.338 e. The first-order valence-corrected chi connectivity index (χ1v) is 7.17. The maximum absolute atomic E-state index is 13.8. The molecule has 2 aliphatic rings. The summed E-state index contributed by atoms with van der Waals surface area (Å²) in [5.41, 5.74) is -1.05. The minimum atomic E-state index is -0.958. The summed E-state index contributed by atoms with van der Waals surface area (Å²) >= 11 is 5.80. The van der Waals surface area contributed by atoms with Gasteiger partial charge >= 0.3 is 6.03 Å². The number of halogens is 2. The fourth-order valence-electron chi connectivity index (χ4n) is 2.80. The van der Waals surface area contributed by atoms with E-state index in [1.54, 1.807) is 0 Å². The van der Waals surface area contributed by atoms with E-state index in [4.69, 9.17) is 11.6 Å². The lowest BCUT2D eigenvalue weighted by atomic mass is 9.87. The number of benzene rings is 1. The third kappa shape index (κ3) is 2.41.